The fourth-order valence-corrected chi connectivity index (χ4v) is 2.50. The minimum Gasteiger partial charge on any atom is -0.480 e. The number of rotatable bonds is 3. The highest BCUT2D eigenvalue weighted by atomic mass is 16.5. The lowest BCUT2D eigenvalue weighted by Gasteiger charge is -2.03. The van der Waals surface area contributed by atoms with E-state index in [1.807, 2.05) is 12.1 Å². The first-order valence-electron chi connectivity index (χ1n) is 6.30. The molecule has 0 aromatic carbocycles. The summed E-state index contributed by atoms with van der Waals surface area (Å²) in [4.78, 5) is 8.75. The first kappa shape index (κ1) is 11.2. The Morgan fingerprint density at radius 3 is 2.94 bits per heavy atom. The van der Waals surface area contributed by atoms with E-state index < -0.39 is 0 Å². The zero-order valence-electron chi connectivity index (χ0n) is 10.4. The Balaban J connectivity index is 1.92. The van der Waals surface area contributed by atoms with E-state index in [2.05, 4.69) is 20.2 Å². The third-order valence-electron chi connectivity index (χ3n) is 3.45. The van der Waals surface area contributed by atoms with Crippen LogP contribution in [0.5, 0.6) is 5.88 Å². The molecule has 0 amide bonds. The molecule has 0 spiro atoms. The Hall–Kier alpha value is -1.91. The van der Waals surface area contributed by atoms with Crippen molar-refractivity contribution in [1.82, 2.24) is 20.2 Å². The molecule has 2 aromatic heterocycles. The van der Waals surface area contributed by atoms with Crippen molar-refractivity contribution in [1.29, 1.82) is 0 Å². The summed E-state index contributed by atoms with van der Waals surface area (Å²) in [6.45, 7) is 0. The first-order valence-corrected chi connectivity index (χ1v) is 6.30. The van der Waals surface area contributed by atoms with Crippen LogP contribution in [0.2, 0.25) is 0 Å². The van der Waals surface area contributed by atoms with Crippen LogP contribution in [0.15, 0.2) is 18.3 Å². The monoisotopic (exact) mass is 244 g/mol. The second-order valence-electron chi connectivity index (χ2n) is 4.59. The number of hydrogen-bond donors (Lipinski definition) is 1. The molecule has 1 aliphatic rings. The van der Waals surface area contributed by atoms with E-state index in [1.54, 1.807) is 13.3 Å². The molecule has 1 saturated carbocycles. The lowest BCUT2D eigenvalue weighted by atomic mass is 10.1. The lowest BCUT2D eigenvalue weighted by molar-refractivity contribution is 0.399. The van der Waals surface area contributed by atoms with Crippen molar-refractivity contribution >= 4 is 0 Å². The number of methoxy groups -OCH3 is 1. The summed E-state index contributed by atoms with van der Waals surface area (Å²) in [6.07, 6.45) is 6.69. The highest BCUT2D eigenvalue weighted by Gasteiger charge is 2.21. The van der Waals surface area contributed by atoms with E-state index in [1.165, 1.54) is 25.7 Å². The Kier molecular flexibility index (Phi) is 2.96. The van der Waals surface area contributed by atoms with Gasteiger partial charge in [0.1, 0.15) is 5.82 Å². The zero-order chi connectivity index (χ0) is 12.4. The molecule has 2 aromatic rings. The summed E-state index contributed by atoms with van der Waals surface area (Å²) in [5.41, 5.74) is 0.834. The van der Waals surface area contributed by atoms with Crippen LogP contribution in [-0.4, -0.2) is 27.3 Å². The fourth-order valence-electron chi connectivity index (χ4n) is 2.50. The van der Waals surface area contributed by atoms with Crippen LogP contribution < -0.4 is 4.74 Å². The van der Waals surface area contributed by atoms with Gasteiger partial charge in [0.15, 0.2) is 5.82 Å². The highest BCUT2D eigenvalue weighted by Crippen LogP contribution is 2.33. The minimum atomic E-state index is 0.536. The van der Waals surface area contributed by atoms with Crippen molar-refractivity contribution in [3.05, 3.63) is 24.2 Å². The molecule has 1 aliphatic carbocycles. The molecule has 3 rings (SSSR count). The van der Waals surface area contributed by atoms with Crippen LogP contribution in [0, 0.1) is 0 Å². The fraction of sp³-hybridized carbons (Fsp3) is 0.462. The van der Waals surface area contributed by atoms with Gasteiger partial charge in [-0.2, -0.15) is 5.10 Å². The molecule has 0 atom stereocenters. The molecule has 0 radical (unpaired) electrons. The number of ether oxygens (including phenoxy) is 1. The van der Waals surface area contributed by atoms with Crippen LogP contribution >= 0.6 is 0 Å². The standard InChI is InChI=1S/C13H16N4O/c1-18-13-10(7-4-8-14-13)12-15-11(16-17-12)9-5-2-3-6-9/h4,7-9H,2-3,5-6H2,1H3,(H,15,16,17). The number of nitrogens with zero attached hydrogens (tertiary/aromatic N) is 3. The number of nitrogens with one attached hydrogen (secondary N) is 1. The number of pyridine rings is 1. The van der Waals surface area contributed by atoms with Gasteiger partial charge in [-0.25, -0.2) is 9.97 Å². The molecule has 18 heavy (non-hydrogen) atoms. The SMILES string of the molecule is COc1ncccc1-c1n[nH]c(C2CCCC2)n1. The molecule has 1 fully saturated rings. The highest BCUT2D eigenvalue weighted by molar-refractivity contribution is 5.60. The maximum atomic E-state index is 5.23. The predicted molar refractivity (Wildman–Crippen MR) is 67.4 cm³/mol. The van der Waals surface area contributed by atoms with Crippen LogP contribution in [0.4, 0.5) is 0 Å². The van der Waals surface area contributed by atoms with Gasteiger partial charge in [0.05, 0.1) is 12.7 Å². The van der Waals surface area contributed by atoms with E-state index in [9.17, 15) is 0 Å². The third kappa shape index (κ3) is 1.96. The van der Waals surface area contributed by atoms with Gasteiger partial charge in [-0.1, -0.05) is 12.8 Å². The van der Waals surface area contributed by atoms with Crippen LogP contribution in [0.25, 0.3) is 11.4 Å². The summed E-state index contributed by atoms with van der Waals surface area (Å²) >= 11 is 0. The molecule has 5 heteroatoms. The number of aromatic nitrogens is 4. The molecule has 0 saturated heterocycles. The van der Waals surface area contributed by atoms with Gasteiger partial charge in [0.2, 0.25) is 5.88 Å². The van der Waals surface area contributed by atoms with E-state index in [-0.39, 0.29) is 0 Å². The van der Waals surface area contributed by atoms with Crippen molar-refractivity contribution in [2.24, 2.45) is 0 Å². The summed E-state index contributed by atoms with van der Waals surface area (Å²) in [5.74, 6) is 2.76. The zero-order valence-corrected chi connectivity index (χ0v) is 10.4. The predicted octanol–water partition coefficient (Wildman–Crippen LogP) is 2.53. The van der Waals surface area contributed by atoms with Gasteiger partial charge >= 0.3 is 0 Å². The maximum Gasteiger partial charge on any atom is 0.224 e. The molecular weight excluding hydrogens is 228 g/mol. The lowest BCUT2D eigenvalue weighted by Crippen LogP contribution is -1.95. The molecule has 0 unspecified atom stereocenters. The van der Waals surface area contributed by atoms with Gasteiger partial charge in [-0.3, -0.25) is 5.10 Å². The van der Waals surface area contributed by atoms with Gasteiger partial charge in [-0.05, 0) is 25.0 Å². The summed E-state index contributed by atoms with van der Waals surface area (Å²) in [6, 6.07) is 3.79. The van der Waals surface area contributed by atoms with Crippen LogP contribution in [-0.2, 0) is 0 Å². The van der Waals surface area contributed by atoms with Crippen molar-refractivity contribution in [2.45, 2.75) is 31.6 Å². The van der Waals surface area contributed by atoms with E-state index >= 15 is 0 Å². The van der Waals surface area contributed by atoms with Crippen molar-refractivity contribution in [3.63, 3.8) is 0 Å². The molecule has 5 nitrogen and oxygen atoms in total. The number of aromatic amines is 1. The largest absolute Gasteiger partial charge is 0.480 e. The summed E-state index contributed by atoms with van der Waals surface area (Å²) in [7, 11) is 1.61. The molecular formula is C13H16N4O. The van der Waals surface area contributed by atoms with Crippen molar-refractivity contribution in [2.75, 3.05) is 7.11 Å². The molecule has 1 N–H and O–H groups in total. The molecule has 0 aliphatic heterocycles. The van der Waals surface area contributed by atoms with Gasteiger partial charge < -0.3 is 4.74 Å². The van der Waals surface area contributed by atoms with E-state index in [0.29, 0.717) is 17.6 Å². The van der Waals surface area contributed by atoms with Crippen LogP contribution in [0.1, 0.15) is 37.4 Å². The van der Waals surface area contributed by atoms with E-state index in [0.717, 1.165) is 11.4 Å². The van der Waals surface area contributed by atoms with Gasteiger partial charge in [-0.15, -0.1) is 0 Å². The van der Waals surface area contributed by atoms with Crippen molar-refractivity contribution in [3.8, 4) is 17.3 Å². The Bertz CT molecular complexity index is 531. The summed E-state index contributed by atoms with van der Waals surface area (Å²) in [5, 5.41) is 7.34. The van der Waals surface area contributed by atoms with Gasteiger partial charge in [0.25, 0.3) is 0 Å². The van der Waals surface area contributed by atoms with Crippen molar-refractivity contribution < 1.29 is 4.74 Å². The maximum absolute atomic E-state index is 5.23. The first-order chi connectivity index (χ1) is 8.88. The second-order valence-corrected chi connectivity index (χ2v) is 4.59. The quantitative estimate of drug-likeness (QED) is 0.901. The smallest absolute Gasteiger partial charge is 0.224 e. The van der Waals surface area contributed by atoms with Gasteiger partial charge in [0, 0.05) is 12.1 Å². The van der Waals surface area contributed by atoms with E-state index in [4.69, 9.17) is 4.74 Å². The topological polar surface area (TPSA) is 63.7 Å². The average Bonchev–Trinajstić information content (AvgIpc) is 3.09. The Labute approximate surface area is 106 Å². The number of hydrogen-bond acceptors (Lipinski definition) is 4. The van der Waals surface area contributed by atoms with Crippen LogP contribution in [0.3, 0.4) is 0 Å². The second kappa shape index (κ2) is 4.76. The molecule has 2 heterocycles. The third-order valence-corrected chi connectivity index (χ3v) is 3.45. The summed E-state index contributed by atoms with van der Waals surface area (Å²) < 4.78 is 5.23. The Morgan fingerprint density at radius 1 is 1.33 bits per heavy atom. The Morgan fingerprint density at radius 2 is 2.17 bits per heavy atom. The average molecular weight is 244 g/mol. The normalized spacial score (nSPS) is 16.1. The molecule has 94 valence electrons. The number of H-pyrrole nitrogens is 1. The molecule has 0 bridgehead atoms. The minimum absolute atomic E-state index is 0.536.